The Bertz CT molecular complexity index is 501. The van der Waals surface area contributed by atoms with Crippen LogP contribution in [-0.2, 0) is 5.75 Å². The number of hydrogen-bond donors (Lipinski definition) is 2. The monoisotopic (exact) mass is 246 g/mol. The van der Waals surface area contributed by atoms with Gasteiger partial charge in [0, 0.05) is 11.9 Å². The van der Waals surface area contributed by atoms with Crippen molar-refractivity contribution in [3.8, 4) is 0 Å². The molecule has 3 N–H and O–H groups in total. The minimum atomic E-state index is 0.444. The number of hydrazine groups is 1. The standard InChI is InChI=1S/C12H14N4S/c1-9-3-2-4-10(7-9)8-17-11-5-6-14-12(15-11)16-13/h2-7H,8,13H2,1H3,(H,14,15,16). The molecule has 0 radical (unpaired) electrons. The average Bonchev–Trinajstić information content (AvgIpc) is 2.37. The first-order chi connectivity index (χ1) is 8.28. The van der Waals surface area contributed by atoms with Crippen molar-refractivity contribution in [3.05, 3.63) is 47.7 Å². The van der Waals surface area contributed by atoms with Gasteiger partial charge in [-0.1, -0.05) is 29.8 Å². The normalized spacial score (nSPS) is 10.2. The Morgan fingerprint density at radius 3 is 3.00 bits per heavy atom. The van der Waals surface area contributed by atoms with Crippen molar-refractivity contribution < 1.29 is 0 Å². The predicted molar refractivity (Wildman–Crippen MR) is 70.6 cm³/mol. The van der Waals surface area contributed by atoms with Crippen LogP contribution >= 0.6 is 11.8 Å². The second-order valence-electron chi connectivity index (χ2n) is 3.64. The second-order valence-corrected chi connectivity index (χ2v) is 4.64. The molecule has 1 heterocycles. The van der Waals surface area contributed by atoms with Crippen molar-refractivity contribution in [2.75, 3.05) is 5.43 Å². The summed E-state index contributed by atoms with van der Waals surface area (Å²) in [7, 11) is 0. The van der Waals surface area contributed by atoms with E-state index in [1.54, 1.807) is 18.0 Å². The molecule has 0 spiro atoms. The summed E-state index contributed by atoms with van der Waals surface area (Å²) in [5.41, 5.74) is 5.00. The fourth-order valence-electron chi connectivity index (χ4n) is 1.45. The molecular weight excluding hydrogens is 232 g/mol. The van der Waals surface area contributed by atoms with E-state index in [4.69, 9.17) is 5.84 Å². The summed E-state index contributed by atoms with van der Waals surface area (Å²) in [6, 6.07) is 10.3. The van der Waals surface area contributed by atoms with E-state index < -0.39 is 0 Å². The number of aryl methyl sites for hydroxylation is 1. The molecule has 0 saturated carbocycles. The lowest BCUT2D eigenvalue weighted by Gasteiger charge is -2.03. The zero-order chi connectivity index (χ0) is 12.1. The van der Waals surface area contributed by atoms with Crippen molar-refractivity contribution in [1.29, 1.82) is 0 Å². The van der Waals surface area contributed by atoms with Crippen molar-refractivity contribution >= 4 is 17.7 Å². The zero-order valence-corrected chi connectivity index (χ0v) is 10.4. The van der Waals surface area contributed by atoms with E-state index in [-0.39, 0.29) is 0 Å². The number of aromatic nitrogens is 2. The molecule has 2 rings (SSSR count). The van der Waals surface area contributed by atoms with E-state index >= 15 is 0 Å². The highest BCUT2D eigenvalue weighted by molar-refractivity contribution is 7.98. The van der Waals surface area contributed by atoms with Gasteiger partial charge in [0.15, 0.2) is 0 Å². The molecule has 0 fully saturated rings. The highest BCUT2D eigenvalue weighted by Crippen LogP contribution is 2.21. The van der Waals surface area contributed by atoms with Gasteiger partial charge in [0.05, 0.1) is 0 Å². The fraction of sp³-hybridized carbons (Fsp3) is 0.167. The van der Waals surface area contributed by atoms with Gasteiger partial charge in [-0.25, -0.2) is 15.8 Å². The van der Waals surface area contributed by atoms with E-state index in [9.17, 15) is 0 Å². The number of benzene rings is 1. The average molecular weight is 246 g/mol. The first kappa shape index (κ1) is 11.9. The third-order valence-corrected chi connectivity index (χ3v) is 3.23. The number of anilines is 1. The fourth-order valence-corrected chi connectivity index (χ4v) is 2.25. The van der Waals surface area contributed by atoms with Gasteiger partial charge in [0.1, 0.15) is 5.03 Å². The van der Waals surface area contributed by atoms with Gasteiger partial charge in [-0.2, -0.15) is 0 Å². The van der Waals surface area contributed by atoms with Crippen LogP contribution in [0.5, 0.6) is 0 Å². The summed E-state index contributed by atoms with van der Waals surface area (Å²) in [5.74, 6) is 6.60. The van der Waals surface area contributed by atoms with Crippen molar-refractivity contribution in [2.45, 2.75) is 17.7 Å². The Balaban J connectivity index is 2.02. The summed E-state index contributed by atoms with van der Waals surface area (Å²) >= 11 is 1.67. The third-order valence-electron chi connectivity index (χ3n) is 2.23. The van der Waals surface area contributed by atoms with Crippen LogP contribution < -0.4 is 11.3 Å². The number of rotatable bonds is 4. The van der Waals surface area contributed by atoms with Crippen LogP contribution in [0.3, 0.4) is 0 Å². The Kier molecular flexibility index (Phi) is 3.95. The van der Waals surface area contributed by atoms with E-state index in [1.807, 2.05) is 6.07 Å². The second kappa shape index (κ2) is 5.65. The Morgan fingerprint density at radius 1 is 1.35 bits per heavy atom. The Hall–Kier alpha value is -1.59. The molecule has 0 amide bonds. The van der Waals surface area contributed by atoms with Crippen LogP contribution in [-0.4, -0.2) is 9.97 Å². The SMILES string of the molecule is Cc1cccc(CSc2ccnc(NN)n2)c1. The number of nitrogen functional groups attached to an aromatic ring is 1. The highest BCUT2D eigenvalue weighted by Gasteiger charge is 2.00. The van der Waals surface area contributed by atoms with Crippen LogP contribution in [0.4, 0.5) is 5.95 Å². The van der Waals surface area contributed by atoms with Gasteiger partial charge in [0.25, 0.3) is 0 Å². The highest BCUT2D eigenvalue weighted by atomic mass is 32.2. The molecule has 1 aromatic heterocycles. The quantitative estimate of drug-likeness (QED) is 0.375. The number of nitrogens with zero attached hydrogens (tertiary/aromatic N) is 2. The Morgan fingerprint density at radius 2 is 2.24 bits per heavy atom. The van der Waals surface area contributed by atoms with Gasteiger partial charge in [0.2, 0.25) is 5.95 Å². The van der Waals surface area contributed by atoms with E-state index in [0.29, 0.717) is 5.95 Å². The third kappa shape index (κ3) is 3.44. The molecule has 0 aliphatic heterocycles. The maximum absolute atomic E-state index is 5.26. The van der Waals surface area contributed by atoms with Gasteiger partial charge in [-0.3, -0.25) is 5.43 Å². The molecule has 17 heavy (non-hydrogen) atoms. The number of nitrogens with one attached hydrogen (secondary N) is 1. The summed E-state index contributed by atoms with van der Waals surface area (Å²) in [4.78, 5) is 8.21. The molecular formula is C12H14N4S. The lowest BCUT2D eigenvalue weighted by atomic mass is 10.2. The summed E-state index contributed by atoms with van der Waals surface area (Å²) in [6.45, 7) is 2.09. The lowest BCUT2D eigenvalue weighted by molar-refractivity contribution is 1.03. The molecule has 0 aliphatic carbocycles. The number of thioether (sulfide) groups is 1. The van der Waals surface area contributed by atoms with Crippen LogP contribution in [0.1, 0.15) is 11.1 Å². The zero-order valence-electron chi connectivity index (χ0n) is 9.55. The predicted octanol–water partition coefficient (Wildman–Crippen LogP) is 2.36. The smallest absolute Gasteiger partial charge is 0.238 e. The first-order valence-corrected chi connectivity index (χ1v) is 6.24. The van der Waals surface area contributed by atoms with E-state index in [2.05, 4.69) is 46.6 Å². The molecule has 0 saturated heterocycles. The van der Waals surface area contributed by atoms with Crippen LogP contribution in [0.15, 0.2) is 41.6 Å². The maximum Gasteiger partial charge on any atom is 0.238 e. The largest absolute Gasteiger partial charge is 0.292 e. The van der Waals surface area contributed by atoms with E-state index in [0.717, 1.165) is 10.8 Å². The lowest BCUT2D eigenvalue weighted by Crippen LogP contribution is -2.10. The summed E-state index contributed by atoms with van der Waals surface area (Å²) < 4.78 is 0. The first-order valence-electron chi connectivity index (χ1n) is 5.26. The van der Waals surface area contributed by atoms with Gasteiger partial charge in [-0.05, 0) is 18.6 Å². The molecule has 0 unspecified atom stereocenters. The number of nitrogens with two attached hydrogens (primary N) is 1. The molecule has 1 aromatic carbocycles. The maximum atomic E-state index is 5.26. The number of hydrogen-bond acceptors (Lipinski definition) is 5. The molecule has 88 valence electrons. The topological polar surface area (TPSA) is 63.8 Å². The van der Waals surface area contributed by atoms with Crippen molar-refractivity contribution in [2.24, 2.45) is 5.84 Å². The van der Waals surface area contributed by atoms with Crippen LogP contribution in [0.25, 0.3) is 0 Å². The van der Waals surface area contributed by atoms with Gasteiger partial charge >= 0.3 is 0 Å². The minimum absolute atomic E-state index is 0.444. The van der Waals surface area contributed by atoms with E-state index in [1.165, 1.54) is 11.1 Å². The molecule has 0 aliphatic rings. The van der Waals surface area contributed by atoms with Crippen LogP contribution in [0.2, 0.25) is 0 Å². The van der Waals surface area contributed by atoms with Gasteiger partial charge in [-0.15, -0.1) is 11.8 Å². The molecule has 0 atom stereocenters. The Labute approximate surface area is 105 Å². The molecule has 2 aromatic rings. The van der Waals surface area contributed by atoms with Crippen LogP contribution in [0, 0.1) is 6.92 Å². The molecule has 4 nitrogen and oxygen atoms in total. The van der Waals surface area contributed by atoms with Crippen molar-refractivity contribution in [1.82, 2.24) is 9.97 Å². The molecule has 5 heteroatoms. The molecule has 0 bridgehead atoms. The summed E-state index contributed by atoms with van der Waals surface area (Å²) in [6.07, 6.45) is 1.70. The summed E-state index contributed by atoms with van der Waals surface area (Å²) in [5, 5.41) is 0.912. The van der Waals surface area contributed by atoms with Crippen molar-refractivity contribution in [3.63, 3.8) is 0 Å². The minimum Gasteiger partial charge on any atom is -0.292 e. The van der Waals surface area contributed by atoms with Gasteiger partial charge < -0.3 is 0 Å².